The first-order chi connectivity index (χ1) is 8.62. The van der Waals surface area contributed by atoms with Crippen molar-refractivity contribution in [3.05, 3.63) is 33.3 Å². The number of rotatable bonds is 7. The number of halogens is 2. The average Bonchev–Trinajstić information content (AvgIpc) is 2.33. The molecular formula is C15H23BrClN. The molecule has 0 aliphatic heterocycles. The number of hydrogen-bond acceptors (Lipinski definition) is 1. The Bertz CT molecular complexity index is 343. The molecule has 1 N–H and O–H groups in total. The van der Waals surface area contributed by atoms with Gasteiger partial charge in [-0.1, -0.05) is 61.1 Å². The third kappa shape index (κ3) is 4.56. The van der Waals surface area contributed by atoms with Gasteiger partial charge in [0.25, 0.3) is 0 Å². The topological polar surface area (TPSA) is 12.0 Å². The van der Waals surface area contributed by atoms with E-state index in [1.54, 1.807) is 0 Å². The Morgan fingerprint density at radius 1 is 1.17 bits per heavy atom. The summed E-state index contributed by atoms with van der Waals surface area (Å²) < 4.78 is 1.05. The largest absolute Gasteiger partial charge is 0.310 e. The Kier molecular flexibility index (Phi) is 7.28. The van der Waals surface area contributed by atoms with Crippen molar-refractivity contribution in [2.45, 2.75) is 46.1 Å². The lowest BCUT2D eigenvalue weighted by atomic mass is 9.89. The van der Waals surface area contributed by atoms with Crippen LogP contribution in [0, 0.1) is 5.92 Å². The molecule has 0 saturated heterocycles. The van der Waals surface area contributed by atoms with E-state index >= 15 is 0 Å². The van der Waals surface area contributed by atoms with Gasteiger partial charge in [-0.05, 0) is 42.6 Å². The van der Waals surface area contributed by atoms with Crippen LogP contribution < -0.4 is 5.32 Å². The molecule has 1 aromatic rings. The van der Waals surface area contributed by atoms with Crippen molar-refractivity contribution < 1.29 is 0 Å². The Morgan fingerprint density at radius 2 is 1.83 bits per heavy atom. The van der Waals surface area contributed by atoms with Gasteiger partial charge in [0.15, 0.2) is 0 Å². The first-order valence-electron chi connectivity index (χ1n) is 6.81. The Hall–Kier alpha value is -0.0500. The number of nitrogens with one attached hydrogen (secondary N) is 1. The predicted molar refractivity (Wildman–Crippen MR) is 84.3 cm³/mol. The van der Waals surface area contributed by atoms with Crippen LogP contribution in [0.5, 0.6) is 0 Å². The van der Waals surface area contributed by atoms with E-state index in [2.05, 4.69) is 54.2 Å². The van der Waals surface area contributed by atoms with Crippen molar-refractivity contribution in [2.24, 2.45) is 5.92 Å². The quantitative estimate of drug-likeness (QED) is 0.687. The molecule has 0 heterocycles. The van der Waals surface area contributed by atoms with Gasteiger partial charge in [-0.2, -0.15) is 0 Å². The molecule has 1 rings (SSSR count). The molecule has 0 aliphatic carbocycles. The van der Waals surface area contributed by atoms with Gasteiger partial charge < -0.3 is 5.32 Å². The highest BCUT2D eigenvalue weighted by molar-refractivity contribution is 9.10. The zero-order valence-electron chi connectivity index (χ0n) is 11.5. The lowest BCUT2D eigenvalue weighted by molar-refractivity contribution is 0.341. The number of benzene rings is 1. The highest BCUT2D eigenvalue weighted by atomic mass is 79.9. The normalized spacial score (nSPS) is 13.0. The second-order valence-electron chi connectivity index (χ2n) is 4.71. The molecule has 0 fully saturated rings. The molecule has 1 aromatic carbocycles. The van der Waals surface area contributed by atoms with E-state index < -0.39 is 0 Å². The van der Waals surface area contributed by atoms with Crippen LogP contribution in [0.2, 0.25) is 5.02 Å². The standard InChI is InChI=1S/C15H23BrClN/c1-4-7-18-15(11(5-2)6-3)12-8-13(16)10-14(17)9-12/h8-11,15,18H,4-7H2,1-3H3. The summed E-state index contributed by atoms with van der Waals surface area (Å²) in [6, 6.07) is 6.60. The fourth-order valence-corrected chi connectivity index (χ4v) is 3.26. The van der Waals surface area contributed by atoms with Crippen LogP contribution in [0.15, 0.2) is 22.7 Å². The third-order valence-corrected chi connectivity index (χ3v) is 4.05. The van der Waals surface area contributed by atoms with Gasteiger partial charge in [0.1, 0.15) is 0 Å². The lowest BCUT2D eigenvalue weighted by Gasteiger charge is -2.27. The molecule has 0 spiro atoms. The zero-order valence-corrected chi connectivity index (χ0v) is 13.8. The van der Waals surface area contributed by atoms with Crippen molar-refractivity contribution in [3.63, 3.8) is 0 Å². The third-order valence-electron chi connectivity index (χ3n) is 3.38. The Labute approximate surface area is 124 Å². The molecule has 0 aliphatic rings. The molecular weight excluding hydrogens is 310 g/mol. The second-order valence-corrected chi connectivity index (χ2v) is 6.06. The Morgan fingerprint density at radius 3 is 2.33 bits per heavy atom. The van der Waals surface area contributed by atoms with E-state index in [1.807, 2.05) is 6.07 Å². The van der Waals surface area contributed by atoms with E-state index in [1.165, 1.54) is 18.4 Å². The second kappa shape index (κ2) is 8.19. The predicted octanol–water partition coefficient (Wildman–Crippen LogP) is 5.58. The van der Waals surface area contributed by atoms with Gasteiger partial charge in [-0.25, -0.2) is 0 Å². The van der Waals surface area contributed by atoms with Gasteiger partial charge in [-0.3, -0.25) is 0 Å². The van der Waals surface area contributed by atoms with Crippen LogP contribution in [0.25, 0.3) is 0 Å². The average molecular weight is 333 g/mol. The fraction of sp³-hybridized carbons (Fsp3) is 0.600. The SMILES string of the molecule is CCCNC(c1cc(Cl)cc(Br)c1)C(CC)CC. The molecule has 0 radical (unpaired) electrons. The first kappa shape index (κ1) is 16.0. The van der Waals surface area contributed by atoms with Crippen LogP contribution in [-0.4, -0.2) is 6.54 Å². The minimum Gasteiger partial charge on any atom is -0.310 e. The van der Waals surface area contributed by atoms with Gasteiger partial charge in [-0.15, -0.1) is 0 Å². The van der Waals surface area contributed by atoms with E-state index in [4.69, 9.17) is 11.6 Å². The van der Waals surface area contributed by atoms with E-state index in [0.29, 0.717) is 12.0 Å². The molecule has 1 atom stereocenters. The maximum absolute atomic E-state index is 6.16. The fourth-order valence-electron chi connectivity index (χ4n) is 2.37. The molecule has 3 heteroatoms. The summed E-state index contributed by atoms with van der Waals surface area (Å²) in [4.78, 5) is 0. The van der Waals surface area contributed by atoms with Crippen molar-refractivity contribution in [3.8, 4) is 0 Å². The molecule has 102 valence electrons. The van der Waals surface area contributed by atoms with Crippen molar-refractivity contribution in [2.75, 3.05) is 6.54 Å². The summed E-state index contributed by atoms with van der Waals surface area (Å²) in [5.74, 6) is 0.655. The summed E-state index contributed by atoms with van der Waals surface area (Å²) in [5.41, 5.74) is 1.29. The molecule has 0 aromatic heterocycles. The van der Waals surface area contributed by atoms with Gasteiger partial charge >= 0.3 is 0 Å². The minimum absolute atomic E-state index is 0.398. The van der Waals surface area contributed by atoms with Gasteiger partial charge in [0.05, 0.1) is 0 Å². The molecule has 18 heavy (non-hydrogen) atoms. The summed E-state index contributed by atoms with van der Waals surface area (Å²) in [7, 11) is 0. The van der Waals surface area contributed by atoms with Crippen molar-refractivity contribution >= 4 is 27.5 Å². The highest BCUT2D eigenvalue weighted by Gasteiger charge is 2.20. The molecule has 1 nitrogen and oxygen atoms in total. The summed E-state index contributed by atoms with van der Waals surface area (Å²) in [6.07, 6.45) is 3.52. The van der Waals surface area contributed by atoms with Gasteiger partial charge in [0, 0.05) is 15.5 Å². The molecule has 0 saturated carbocycles. The summed E-state index contributed by atoms with van der Waals surface area (Å²) >= 11 is 9.69. The molecule has 1 unspecified atom stereocenters. The van der Waals surface area contributed by atoms with Gasteiger partial charge in [0.2, 0.25) is 0 Å². The minimum atomic E-state index is 0.398. The smallest absolute Gasteiger partial charge is 0.0420 e. The van der Waals surface area contributed by atoms with Crippen molar-refractivity contribution in [1.29, 1.82) is 0 Å². The van der Waals surface area contributed by atoms with Crippen LogP contribution in [-0.2, 0) is 0 Å². The van der Waals surface area contributed by atoms with E-state index in [9.17, 15) is 0 Å². The van der Waals surface area contributed by atoms with Crippen molar-refractivity contribution in [1.82, 2.24) is 5.32 Å². The maximum atomic E-state index is 6.16. The summed E-state index contributed by atoms with van der Waals surface area (Å²) in [5, 5.41) is 4.46. The lowest BCUT2D eigenvalue weighted by Crippen LogP contribution is -2.28. The summed E-state index contributed by atoms with van der Waals surface area (Å²) in [6.45, 7) is 7.76. The first-order valence-corrected chi connectivity index (χ1v) is 7.98. The monoisotopic (exact) mass is 331 g/mol. The number of hydrogen-bond donors (Lipinski definition) is 1. The zero-order chi connectivity index (χ0) is 13.5. The highest BCUT2D eigenvalue weighted by Crippen LogP contribution is 2.31. The molecule has 0 bridgehead atoms. The van der Waals surface area contributed by atoms with E-state index in [-0.39, 0.29) is 0 Å². The Balaban J connectivity index is 2.99. The maximum Gasteiger partial charge on any atom is 0.0420 e. The van der Waals surface area contributed by atoms with Crippen LogP contribution in [0.1, 0.15) is 51.6 Å². The van der Waals surface area contributed by atoms with E-state index in [0.717, 1.165) is 22.5 Å². The van der Waals surface area contributed by atoms with Crippen LogP contribution in [0.3, 0.4) is 0 Å². The molecule has 0 amide bonds. The van der Waals surface area contributed by atoms with Crippen LogP contribution >= 0.6 is 27.5 Å². The van der Waals surface area contributed by atoms with Crippen LogP contribution in [0.4, 0.5) is 0 Å².